The van der Waals surface area contributed by atoms with E-state index in [2.05, 4.69) is 0 Å². The first-order valence-corrected chi connectivity index (χ1v) is 9.57. The molecular formula is C17H25NO5S. The molecule has 134 valence electrons. The van der Waals surface area contributed by atoms with E-state index in [-0.39, 0.29) is 25.1 Å². The third kappa shape index (κ3) is 3.96. The summed E-state index contributed by atoms with van der Waals surface area (Å²) in [6.45, 7) is 5.95. The first-order valence-electron chi connectivity index (χ1n) is 8.13. The van der Waals surface area contributed by atoms with Crippen molar-refractivity contribution in [3.05, 3.63) is 28.8 Å². The fourth-order valence-electron chi connectivity index (χ4n) is 3.30. The summed E-state index contributed by atoms with van der Waals surface area (Å²) >= 11 is 0. The molecule has 1 saturated heterocycles. The number of aliphatic hydroxyl groups is 1. The number of aryl methyl sites for hydroxylation is 3. The molecule has 0 aromatic heterocycles. The van der Waals surface area contributed by atoms with Crippen molar-refractivity contribution in [2.24, 2.45) is 5.92 Å². The SMILES string of the molecule is Cc1cc(C)c(S(=O)(=O)N2CCC(C(=O)OCCO)CC2)c(C)c1. The second kappa shape index (κ2) is 7.63. The Morgan fingerprint density at radius 2 is 1.75 bits per heavy atom. The van der Waals surface area contributed by atoms with Crippen molar-refractivity contribution in [1.29, 1.82) is 0 Å². The normalized spacial score (nSPS) is 17.0. The molecule has 1 aromatic carbocycles. The lowest BCUT2D eigenvalue weighted by atomic mass is 9.98. The zero-order valence-corrected chi connectivity index (χ0v) is 15.2. The summed E-state index contributed by atoms with van der Waals surface area (Å²) in [5, 5.41) is 8.69. The molecule has 0 amide bonds. The van der Waals surface area contributed by atoms with E-state index in [1.165, 1.54) is 4.31 Å². The summed E-state index contributed by atoms with van der Waals surface area (Å²) in [5.41, 5.74) is 2.53. The zero-order valence-electron chi connectivity index (χ0n) is 14.4. The predicted molar refractivity (Wildman–Crippen MR) is 90.2 cm³/mol. The van der Waals surface area contributed by atoms with Gasteiger partial charge in [0.2, 0.25) is 10.0 Å². The van der Waals surface area contributed by atoms with Crippen LogP contribution in [0.25, 0.3) is 0 Å². The van der Waals surface area contributed by atoms with Gasteiger partial charge in [-0.3, -0.25) is 4.79 Å². The van der Waals surface area contributed by atoms with E-state index in [1.54, 1.807) is 0 Å². The van der Waals surface area contributed by atoms with Crippen LogP contribution in [-0.2, 0) is 19.6 Å². The number of piperidine rings is 1. The van der Waals surface area contributed by atoms with Crippen LogP contribution in [0.4, 0.5) is 0 Å². The number of sulfonamides is 1. The lowest BCUT2D eigenvalue weighted by Gasteiger charge is -2.31. The standard InChI is InChI=1S/C17H25NO5S/c1-12-10-13(2)16(14(3)11-12)24(21,22)18-6-4-15(5-7-18)17(20)23-9-8-19/h10-11,15,19H,4-9H2,1-3H3. The Hall–Kier alpha value is -1.44. The van der Waals surface area contributed by atoms with Gasteiger partial charge in [0.15, 0.2) is 0 Å². The van der Waals surface area contributed by atoms with Crippen LogP contribution in [0.2, 0.25) is 0 Å². The highest BCUT2D eigenvalue weighted by atomic mass is 32.2. The van der Waals surface area contributed by atoms with Crippen LogP contribution in [0.3, 0.4) is 0 Å². The van der Waals surface area contributed by atoms with Crippen LogP contribution in [0.5, 0.6) is 0 Å². The second-order valence-electron chi connectivity index (χ2n) is 6.30. The van der Waals surface area contributed by atoms with Crippen molar-refractivity contribution in [3.63, 3.8) is 0 Å². The van der Waals surface area contributed by atoms with Crippen molar-refractivity contribution in [1.82, 2.24) is 4.31 Å². The number of aliphatic hydroxyl groups excluding tert-OH is 1. The molecule has 1 aliphatic heterocycles. The Morgan fingerprint density at radius 3 is 2.25 bits per heavy atom. The summed E-state index contributed by atoms with van der Waals surface area (Å²) in [4.78, 5) is 12.2. The van der Waals surface area contributed by atoms with Gasteiger partial charge in [-0.05, 0) is 44.7 Å². The van der Waals surface area contributed by atoms with Gasteiger partial charge in [0, 0.05) is 13.1 Å². The van der Waals surface area contributed by atoms with E-state index in [4.69, 9.17) is 9.84 Å². The Balaban J connectivity index is 2.12. The molecule has 0 aliphatic carbocycles. The van der Waals surface area contributed by atoms with Gasteiger partial charge >= 0.3 is 5.97 Å². The van der Waals surface area contributed by atoms with Crippen LogP contribution in [0.1, 0.15) is 29.5 Å². The second-order valence-corrected chi connectivity index (χ2v) is 8.17. The highest BCUT2D eigenvalue weighted by Crippen LogP contribution is 2.29. The number of benzene rings is 1. The molecule has 24 heavy (non-hydrogen) atoms. The van der Waals surface area contributed by atoms with E-state index in [1.807, 2.05) is 32.9 Å². The van der Waals surface area contributed by atoms with Crippen LogP contribution in [0, 0.1) is 26.7 Å². The van der Waals surface area contributed by atoms with Crippen LogP contribution < -0.4 is 0 Å². The minimum Gasteiger partial charge on any atom is -0.463 e. The lowest BCUT2D eigenvalue weighted by Crippen LogP contribution is -2.41. The molecule has 0 bridgehead atoms. The number of nitrogens with zero attached hydrogens (tertiary/aromatic N) is 1. The summed E-state index contributed by atoms with van der Waals surface area (Å²) in [5.74, 6) is -0.660. The van der Waals surface area contributed by atoms with Gasteiger partial charge in [0.25, 0.3) is 0 Å². The maximum absolute atomic E-state index is 13.0. The molecule has 1 heterocycles. The van der Waals surface area contributed by atoms with E-state index < -0.39 is 10.0 Å². The smallest absolute Gasteiger partial charge is 0.309 e. The Kier molecular flexibility index (Phi) is 6.01. The molecular weight excluding hydrogens is 330 g/mol. The van der Waals surface area contributed by atoms with E-state index in [0.717, 1.165) is 16.7 Å². The Bertz CT molecular complexity index is 683. The average Bonchev–Trinajstić information content (AvgIpc) is 2.51. The lowest BCUT2D eigenvalue weighted by molar-refractivity contribution is -0.150. The Morgan fingerprint density at radius 1 is 1.21 bits per heavy atom. The molecule has 0 unspecified atom stereocenters. The topological polar surface area (TPSA) is 83.9 Å². The highest BCUT2D eigenvalue weighted by Gasteiger charge is 2.34. The largest absolute Gasteiger partial charge is 0.463 e. The zero-order chi connectivity index (χ0) is 17.9. The number of ether oxygens (including phenoxy) is 1. The first kappa shape index (κ1) is 18.9. The molecule has 1 fully saturated rings. The van der Waals surface area contributed by atoms with Gasteiger partial charge in [-0.25, -0.2) is 8.42 Å². The molecule has 1 N–H and O–H groups in total. The van der Waals surface area contributed by atoms with Crippen LogP contribution in [-0.4, -0.2) is 50.1 Å². The maximum atomic E-state index is 13.0. The summed E-state index contributed by atoms with van der Waals surface area (Å²) in [6, 6.07) is 3.75. The molecule has 7 heteroatoms. The van der Waals surface area contributed by atoms with Crippen molar-refractivity contribution >= 4 is 16.0 Å². The fraction of sp³-hybridized carbons (Fsp3) is 0.588. The predicted octanol–water partition coefficient (Wildman–Crippen LogP) is 1.55. The van der Waals surface area contributed by atoms with Gasteiger partial charge in [-0.2, -0.15) is 4.31 Å². The number of rotatable bonds is 5. The molecule has 0 saturated carbocycles. The number of esters is 1. The molecule has 0 spiro atoms. The average molecular weight is 355 g/mol. The third-order valence-electron chi connectivity index (χ3n) is 4.33. The number of carbonyl (C=O) groups excluding carboxylic acids is 1. The van der Waals surface area contributed by atoms with Gasteiger partial charge in [-0.1, -0.05) is 17.7 Å². The van der Waals surface area contributed by atoms with Gasteiger partial charge in [0.1, 0.15) is 6.61 Å². The fourth-order valence-corrected chi connectivity index (χ4v) is 5.18. The summed E-state index contributed by atoms with van der Waals surface area (Å²) in [7, 11) is -3.56. The minimum atomic E-state index is -3.56. The monoisotopic (exact) mass is 355 g/mol. The molecule has 0 radical (unpaired) electrons. The van der Waals surface area contributed by atoms with Crippen LogP contribution in [0.15, 0.2) is 17.0 Å². The minimum absolute atomic E-state index is 0.0148. The highest BCUT2D eigenvalue weighted by molar-refractivity contribution is 7.89. The van der Waals surface area contributed by atoms with Crippen LogP contribution >= 0.6 is 0 Å². The van der Waals surface area contributed by atoms with Gasteiger partial charge in [-0.15, -0.1) is 0 Å². The van der Waals surface area contributed by atoms with Crippen molar-refractivity contribution in [2.45, 2.75) is 38.5 Å². The number of hydrogen-bond donors (Lipinski definition) is 1. The van der Waals surface area contributed by atoms with Crippen molar-refractivity contribution < 1.29 is 23.1 Å². The molecule has 1 aliphatic rings. The van der Waals surface area contributed by atoms with Crippen molar-refractivity contribution in [3.8, 4) is 0 Å². The Labute approximate surface area is 143 Å². The van der Waals surface area contributed by atoms with Crippen molar-refractivity contribution in [2.75, 3.05) is 26.3 Å². The third-order valence-corrected chi connectivity index (χ3v) is 6.53. The van der Waals surface area contributed by atoms with E-state index in [9.17, 15) is 13.2 Å². The molecule has 0 atom stereocenters. The van der Waals surface area contributed by atoms with E-state index in [0.29, 0.717) is 30.8 Å². The van der Waals surface area contributed by atoms with Gasteiger partial charge < -0.3 is 9.84 Å². The van der Waals surface area contributed by atoms with E-state index >= 15 is 0 Å². The summed E-state index contributed by atoms with van der Waals surface area (Å²) in [6.07, 6.45) is 0.876. The number of carbonyl (C=O) groups is 1. The molecule has 2 rings (SSSR count). The first-order chi connectivity index (χ1) is 11.3. The quantitative estimate of drug-likeness (QED) is 0.810. The molecule has 6 nitrogen and oxygen atoms in total. The summed E-state index contributed by atoms with van der Waals surface area (Å²) < 4.78 is 32.3. The molecule has 1 aromatic rings. The maximum Gasteiger partial charge on any atom is 0.309 e. The van der Waals surface area contributed by atoms with Gasteiger partial charge in [0.05, 0.1) is 17.4 Å². The number of hydrogen-bond acceptors (Lipinski definition) is 5.